The first-order valence-electron chi connectivity index (χ1n) is 30.5. The van der Waals surface area contributed by atoms with Crippen molar-refractivity contribution in [3.8, 4) is 34.0 Å². The molecule has 1 saturated heterocycles. The van der Waals surface area contributed by atoms with Crippen molar-refractivity contribution in [1.82, 2.24) is 14.9 Å². The van der Waals surface area contributed by atoms with E-state index in [9.17, 15) is 38.4 Å². The highest BCUT2D eigenvalue weighted by molar-refractivity contribution is 6.00. The van der Waals surface area contributed by atoms with Gasteiger partial charge in [-0.15, -0.1) is 0 Å². The lowest BCUT2D eigenvalue weighted by Gasteiger charge is -2.42. The van der Waals surface area contributed by atoms with Gasteiger partial charge in [0.05, 0.1) is 42.2 Å². The summed E-state index contributed by atoms with van der Waals surface area (Å²) in [5.74, 6) is -7.63. The Morgan fingerprint density at radius 3 is 2.19 bits per heavy atom. The molecule has 2 amide bonds. The molecule has 8 atom stereocenters. The van der Waals surface area contributed by atoms with Crippen molar-refractivity contribution in [3.63, 3.8) is 0 Å². The minimum Gasteiger partial charge on any atom is -0.467 e. The molecule has 2 aromatic heterocycles. The van der Waals surface area contributed by atoms with Crippen LogP contribution in [0.15, 0.2) is 95.8 Å². The summed E-state index contributed by atoms with van der Waals surface area (Å²) >= 11 is 0. The SMILES string of the molecule is CCc1c2c(nc3ccc(OC(=O)OC(C)(C)C)cc13)-c1cc3c(c(=O)n1C2)COC(=O)[C@@]3(CC)OC(=O)c1ccc(NC(=O)[C@H](C)CC(=O)[C@@H](NC(=O)OCC2c3ccccc3-c3ccccc32)C(C)C)cc1O[C@@H]1O[C@H](C(=O)OC)[C@@H](C)[C@H](C)[C@H]1OC(C)=O. The molecule has 2 N–H and O–H groups in total. The number of amides is 2. The van der Waals surface area contributed by atoms with Gasteiger partial charge in [0.25, 0.3) is 5.56 Å². The Bertz CT molecular complexity index is 3950. The van der Waals surface area contributed by atoms with Crippen LogP contribution in [-0.2, 0) is 82.3 Å². The summed E-state index contributed by atoms with van der Waals surface area (Å²) in [7, 11) is 1.18. The molecule has 22 heteroatoms. The molecule has 0 radical (unpaired) electrons. The van der Waals surface area contributed by atoms with E-state index in [1.54, 1.807) is 79.7 Å². The van der Waals surface area contributed by atoms with Gasteiger partial charge in [0.2, 0.25) is 17.8 Å². The van der Waals surface area contributed by atoms with E-state index in [1.165, 1.54) is 43.7 Å². The van der Waals surface area contributed by atoms with Gasteiger partial charge >= 0.3 is 36.1 Å². The van der Waals surface area contributed by atoms with Crippen LogP contribution in [0.4, 0.5) is 15.3 Å². The third-order valence-electron chi connectivity index (χ3n) is 17.4. The summed E-state index contributed by atoms with van der Waals surface area (Å²) < 4.78 is 53.7. The average molecular weight is 1250 g/mol. The molecule has 0 bridgehead atoms. The highest BCUT2D eigenvalue weighted by Crippen LogP contribution is 2.46. The number of carbonyl (C=O) groups is 8. The number of ketones is 1. The first-order valence-corrected chi connectivity index (χ1v) is 30.5. The molecular weight excluding hydrogens is 1170 g/mol. The third-order valence-corrected chi connectivity index (χ3v) is 17.4. The zero-order valence-corrected chi connectivity index (χ0v) is 52.8. The number of benzene rings is 4. The van der Waals surface area contributed by atoms with Crippen molar-refractivity contribution in [2.24, 2.45) is 23.7 Å². The Hall–Kier alpha value is -9.44. The average Bonchev–Trinajstić information content (AvgIpc) is 1.66. The molecule has 22 nitrogen and oxygen atoms in total. The molecule has 0 spiro atoms. The van der Waals surface area contributed by atoms with Gasteiger partial charge in [-0.2, -0.15) is 0 Å². The Morgan fingerprint density at radius 2 is 1.55 bits per heavy atom. The summed E-state index contributed by atoms with van der Waals surface area (Å²) in [4.78, 5) is 130. The van der Waals surface area contributed by atoms with Crippen LogP contribution >= 0.6 is 0 Å². The van der Waals surface area contributed by atoms with E-state index in [0.29, 0.717) is 34.3 Å². The summed E-state index contributed by atoms with van der Waals surface area (Å²) in [6.07, 6.45) is -5.78. The molecule has 1 aliphatic carbocycles. The molecule has 3 aliphatic heterocycles. The summed E-state index contributed by atoms with van der Waals surface area (Å²) in [5.41, 5.74) is 3.24. The molecule has 91 heavy (non-hydrogen) atoms. The molecule has 5 heterocycles. The number of nitrogens with zero attached hydrogens (tertiary/aromatic N) is 2. The largest absolute Gasteiger partial charge is 0.514 e. The van der Waals surface area contributed by atoms with Gasteiger partial charge in [-0.05, 0) is 110 Å². The van der Waals surface area contributed by atoms with Crippen LogP contribution in [0.1, 0.15) is 139 Å². The highest BCUT2D eigenvalue weighted by Gasteiger charge is 2.52. The Balaban J connectivity index is 0.931. The second kappa shape index (κ2) is 25.8. The van der Waals surface area contributed by atoms with Gasteiger partial charge in [0.1, 0.15) is 35.9 Å². The number of hydrogen-bond donors (Lipinski definition) is 2. The monoisotopic (exact) mass is 1250 g/mol. The van der Waals surface area contributed by atoms with Crippen LogP contribution in [-0.4, -0.2) is 101 Å². The minimum absolute atomic E-state index is 0.0245. The second-order valence-corrected chi connectivity index (χ2v) is 24.8. The molecule has 4 aliphatic rings. The van der Waals surface area contributed by atoms with Gasteiger partial charge in [-0.1, -0.05) is 97.0 Å². The number of Topliss-reactive ketones (excluding diaryl/α,β-unsaturated/α-hetero) is 1. The summed E-state index contributed by atoms with van der Waals surface area (Å²) in [6.45, 7) is 18.0. The number of nitrogens with one attached hydrogen (secondary N) is 2. The fourth-order valence-electron chi connectivity index (χ4n) is 12.5. The smallest absolute Gasteiger partial charge is 0.467 e. The van der Waals surface area contributed by atoms with Crippen molar-refractivity contribution in [3.05, 3.63) is 140 Å². The van der Waals surface area contributed by atoms with Crippen LogP contribution in [0.3, 0.4) is 0 Å². The number of carbonyl (C=O) groups excluding carboxylic acids is 8. The third kappa shape index (κ3) is 12.7. The minimum atomic E-state index is -2.25. The fourth-order valence-corrected chi connectivity index (χ4v) is 12.5. The number of pyridine rings is 2. The maximum Gasteiger partial charge on any atom is 0.514 e. The quantitative estimate of drug-likeness (QED) is 0.0459. The lowest BCUT2D eigenvalue weighted by atomic mass is 9.83. The van der Waals surface area contributed by atoms with Gasteiger partial charge in [-0.25, -0.2) is 29.0 Å². The Kier molecular flexibility index (Phi) is 18.3. The van der Waals surface area contributed by atoms with E-state index in [-0.39, 0.29) is 65.8 Å². The van der Waals surface area contributed by atoms with Crippen LogP contribution in [0.2, 0.25) is 0 Å². The van der Waals surface area contributed by atoms with Gasteiger partial charge in [-0.3, -0.25) is 19.2 Å². The van der Waals surface area contributed by atoms with Crippen LogP contribution in [0, 0.1) is 23.7 Å². The van der Waals surface area contributed by atoms with E-state index < -0.39 is 119 Å². The van der Waals surface area contributed by atoms with Crippen molar-refractivity contribution in [2.75, 3.05) is 19.0 Å². The van der Waals surface area contributed by atoms with E-state index in [0.717, 1.165) is 27.8 Å². The number of rotatable bonds is 18. The van der Waals surface area contributed by atoms with Crippen molar-refractivity contribution in [2.45, 2.75) is 150 Å². The number of aromatic nitrogens is 2. The number of aryl methyl sites for hydroxylation is 1. The maximum absolute atomic E-state index is 15.2. The van der Waals surface area contributed by atoms with Gasteiger partial charge in [0, 0.05) is 59.4 Å². The highest BCUT2D eigenvalue weighted by atomic mass is 16.7. The lowest BCUT2D eigenvalue weighted by molar-refractivity contribution is -0.248. The molecule has 10 rings (SSSR count). The zero-order chi connectivity index (χ0) is 65.5. The number of fused-ring (bicyclic) bond motifs is 8. The van der Waals surface area contributed by atoms with E-state index in [1.807, 2.05) is 55.5 Å². The molecular formula is C69H74N4O18. The van der Waals surface area contributed by atoms with Crippen LogP contribution in [0.5, 0.6) is 11.5 Å². The Labute approximate surface area is 525 Å². The normalized spacial score (nSPS) is 20.3. The predicted molar refractivity (Wildman–Crippen MR) is 330 cm³/mol. The van der Waals surface area contributed by atoms with Crippen molar-refractivity contribution < 1.29 is 81.0 Å². The first-order chi connectivity index (χ1) is 43.2. The number of esters is 4. The zero-order valence-electron chi connectivity index (χ0n) is 52.8. The van der Waals surface area contributed by atoms with Gasteiger partial charge < -0.3 is 57.8 Å². The van der Waals surface area contributed by atoms with Crippen molar-refractivity contribution >= 4 is 64.4 Å². The molecule has 478 valence electrons. The molecule has 4 aromatic carbocycles. The number of hydrogen-bond acceptors (Lipinski definition) is 19. The van der Waals surface area contributed by atoms with Crippen molar-refractivity contribution in [1.29, 1.82) is 0 Å². The van der Waals surface area contributed by atoms with Crippen LogP contribution < -0.4 is 25.7 Å². The Morgan fingerprint density at radius 1 is 0.857 bits per heavy atom. The van der Waals surface area contributed by atoms with E-state index in [2.05, 4.69) is 10.6 Å². The number of methoxy groups -OCH3 is 1. The summed E-state index contributed by atoms with van der Waals surface area (Å²) in [6, 6.07) is 25.2. The topological polar surface area (TPSA) is 279 Å². The van der Waals surface area contributed by atoms with E-state index >= 15 is 4.79 Å². The molecule has 6 aromatic rings. The molecule has 0 unspecified atom stereocenters. The lowest BCUT2D eigenvalue weighted by Crippen LogP contribution is -2.55. The number of cyclic esters (lactones) is 1. The standard InChI is InChI=1S/C69H74N4O18/c1-13-41-47-29-40(87-67(82)91-68(9,10)11)24-26-52(47)71-57-48(41)31-73-53(57)30-51-50(61(73)77)33-84-65(80)69(51,14-2)90-62(78)46-25-23-39(28-55(46)88-64-59(86-38(8)74)37(7)36(6)58(89-64)63(79)83-12)70-60(76)35(5)27-54(75)56(34(3)4)72-66(81)85-32-49-44-21-17-15-19-42(44)43-20-16-18-22-45(43)49/h15-26,28-30,34-37,49,56,58-59,64H,13-14,27,31-33H2,1-12H3,(H,70,76)(H,72,81)/t35-,36+,37+,56+,58+,59-,64-,69+/m1/s1. The fraction of sp³-hybridized carbons (Fsp3) is 0.420. The van der Waals surface area contributed by atoms with Gasteiger partial charge in [0.15, 0.2) is 18.0 Å². The summed E-state index contributed by atoms with van der Waals surface area (Å²) in [5, 5.41) is 6.18. The first kappa shape index (κ1) is 64.5. The van der Waals surface area contributed by atoms with Crippen LogP contribution in [0.25, 0.3) is 33.4 Å². The number of alkyl carbamates (subject to hydrolysis) is 1. The second-order valence-electron chi connectivity index (χ2n) is 24.8. The molecule has 0 saturated carbocycles. The number of ether oxygens (including phenoxy) is 9. The predicted octanol–water partition coefficient (Wildman–Crippen LogP) is 10.4. The van der Waals surface area contributed by atoms with E-state index in [4.69, 9.17) is 47.6 Å². The maximum atomic E-state index is 15.2. The molecule has 1 fully saturated rings. The number of anilines is 1.